The summed E-state index contributed by atoms with van der Waals surface area (Å²) in [4.78, 5) is 13.6. The fourth-order valence-corrected chi connectivity index (χ4v) is 3.83. The van der Waals surface area contributed by atoms with E-state index in [1.54, 1.807) is 11.3 Å². The van der Waals surface area contributed by atoms with Crippen molar-refractivity contribution < 1.29 is 4.79 Å². The minimum absolute atomic E-state index is 0.0864. The van der Waals surface area contributed by atoms with Gasteiger partial charge in [0.1, 0.15) is 0 Å². The molecule has 0 bridgehead atoms. The van der Waals surface area contributed by atoms with Gasteiger partial charge in [0.15, 0.2) is 5.78 Å². The molecule has 0 N–H and O–H groups in total. The maximum Gasteiger partial charge on any atom is 0.176 e. The van der Waals surface area contributed by atoms with Crippen LogP contribution in [0.3, 0.4) is 0 Å². The number of rotatable bonds is 2. The van der Waals surface area contributed by atoms with Crippen LogP contribution in [0.5, 0.6) is 0 Å². The average molecular weight is 303 g/mol. The first kappa shape index (κ1) is 13.6. The Morgan fingerprint density at radius 3 is 2.65 bits per heavy atom. The molecule has 0 radical (unpaired) electrons. The number of allylic oxidation sites excluding steroid dienone is 1. The van der Waals surface area contributed by atoms with Crippen LogP contribution in [-0.4, -0.2) is 11.2 Å². The molecule has 0 amide bonds. The van der Waals surface area contributed by atoms with E-state index in [2.05, 4.69) is 17.5 Å². The van der Waals surface area contributed by atoms with Crippen LogP contribution in [-0.2, 0) is 4.79 Å². The second kappa shape index (κ2) is 5.94. The molecule has 1 fully saturated rings. The molecule has 0 saturated heterocycles. The van der Waals surface area contributed by atoms with Crippen LogP contribution in [0.15, 0.2) is 53.4 Å². The van der Waals surface area contributed by atoms with Crippen molar-refractivity contribution in [1.82, 2.24) is 0 Å². The highest BCUT2D eigenvalue weighted by Gasteiger charge is 2.32. The summed E-state index contributed by atoms with van der Waals surface area (Å²) in [6, 6.07) is 14.2. The summed E-state index contributed by atoms with van der Waals surface area (Å²) in [7, 11) is 0. The summed E-state index contributed by atoms with van der Waals surface area (Å²) >= 11 is 8.00. The fourth-order valence-electron chi connectivity index (χ4n) is 2.63. The van der Waals surface area contributed by atoms with Crippen molar-refractivity contribution in [2.75, 3.05) is 0 Å². The smallest absolute Gasteiger partial charge is 0.176 e. The van der Waals surface area contributed by atoms with Gasteiger partial charge in [-0.05, 0) is 47.4 Å². The van der Waals surface area contributed by atoms with E-state index in [4.69, 9.17) is 11.6 Å². The van der Waals surface area contributed by atoms with Gasteiger partial charge in [-0.25, -0.2) is 0 Å². The lowest BCUT2D eigenvalue weighted by molar-refractivity contribution is -0.116. The molecule has 2 atom stereocenters. The third-order valence-corrected chi connectivity index (χ3v) is 5.06. The van der Waals surface area contributed by atoms with Crippen molar-refractivity contribution in [2.24, 2.45) is 0 Å². The van der Waals surface area contributed by atoms with Crippen LogP contribution in [0.4, 0.5) is 0 Å². The number of carbonyl (C=O) groups is 1. The van der Waals surface area contributed by atoms with Gasteiger partial charge in [-0.2, -0.15) is 0 Å². The molecule has 2 aromatic rings. The zero-order valence-corrected chi connectivity index (χ0v) is 12.5. The average Bonchev–Trinajstić information content (AvgIpc) is 2.99. The highest BCUT2D eigenvalue weighted by molar-refractivity contribution is 7.10. The molecule has 1 aromatic carbocycles. The molecule has 1 aromatic heterocycles. The fraction of sp³-hybridized carbons (Fsp3) is 0.235. The number of hydrogen-bond acceptors (Lipinski definition) is 2. The molecule has 3 heteroatoms. The molecule has 0 aliphatic heterocycles. The Labute approximate surface area is 127 Å². The molecule has 1 heterocycles. The van der Waals surface area contributed by atoms with Gasteiger partial charge in [-0.1, -0.05) is 36.4 Å². The van der Waals surface area contributed by atoms with E-state index in [9.17, 15) is 4.79 Å². The predicted octanol–water partition coefficient (Wildman–Crippen LogP) is 4.89. The van der Waals surface area contributed by atoms with Crippen molar-refractivity contribution in [3.05, 3.63) is 63.9 Å². The van der Waals surface area contributed by atoms with Gasteiger partial charge in [0.2, 0.25) is 0 Å². The van der Waals surface area contributed by atoms with E-state index in [0.717, 1.165) is 24.0 Å². The standard InChI is InChI=1S/C17H15ClOS/c18-15-11-13(16-7-4-8-20-16)10-14(17(15)19)9-12-5-2-1-3-6-12/h1-9,13,15H,10-11H2. The lowest BCUT2D eigenvalue weighted by Crippen LogP contribution is -2.26. The Morgan fingerprint density at radius 2 is 1.95 bits per heavy atom. The number of alkyl halides is 1. The lowest BCUT2D eigenvalue weighted by atomic mass is 9.82. The predicted molar refractivity (Wildman–Crippen MR) is 85.4 cm³/mol. The van der Waals surface area contributed by atoms with Crippen molar-refractivity contribution in [3.8, 4) is 0 Å². The van der Waals surface area contributed by atoms with Crippen LogP contribution in [0.25, 0.3) is 6.08 Å². The van der Waals surface area contributed by atoms with Crippen LogP contribution in [0.1, 0.15) is 29.2 Å². The van der Waals surface area contributed by atoms with Crippen molar-refractivity contribution in [3.63, 3.8) is 0 Å². The third kappa shape index (κ3) is 2.87. The zero-order chi connectivity index (χ0) is 13.9. The van der Waals surface area contributed by atoms with Gasteiger partial charge in [0, 0.05) is 4.88 Å². The molecular formula is C17H15ClOS. The van der Waals surface area contributed by atoms with E-state index in [-0.39, 0.29) is 5.78 Å². The second-order valence-electron chi connectivity index (χ2n) is 5.06. The number of thiophene rings is 1. The Hall–Kier alpha value is -1.38. The molecular weight excluding hydrogens is 288 g/mol. The molecule has 1 aliphatic rings. The van der Waals surface area contributed by atoms with Crippen LogP contribution >= 0.6 is 22.9 Å². The normalized spacial score (nSPS) is 25.1. The number of benzene rings is 1. The van der Waals surface area contributed by atoms with Gasteiger partial charge in [0.05, 0.1) is 5.38 Å². The Kier molecular flexibility index (Phi) is 4.04. The molecule has 1 nitrogen and oxygen atoms in total. The number of Topliss-reactive ketones (excluding diaryl/α,β-unsaturated/α-hetero) is 1. The monoisotopic (exact) mass is 302 g/mol. The Bertz CT molecular complexity index is 616. The second-order valence-corrected chi connectivity index (χ2v) is 6.57. The maximum atomic E-state index is 12.2. The lowest BCUT2D eigenvalue weighted by Gasteiger charge is -2.26. The minimum atomic E-state index is -0.397. The maximum absolute atomic E-state index is 12.2. The van der Waals surface area contributed by atoms with E-state index in [0.29, 0.717) is 5.92 Å². The first-order valence-electron chi connectivity index (χ1n) is 6.71. The molecule has 2 unspecified atom stereocenters. The van der Waals surface area contributed by atoms with E-state index in [1.807, 2.05) is 36.4 Å². The van der Waals surface area contributed by atoms with Crippen LogP contribution in [0.2, 0.25) is 0 Å². The van der Waals surface area contributed by atoms with Gasteiger partial charge in [-0.15, -0.1) is 22.9 Å². The topological polar surface area (TPSA) is 17.1 Å². The number of carbonyl (C=O) groups excluding carboxylic acids is 1. The number of ketones is 1. The van der Waals surface area contributed by atoms with E-state index >= 15 is 0 Å². The molecule has 102 valence electrons. The third-order valence-electron chi connectivity index (χ3n) is 3.64. The van der Waals surface area contributed by atoms with Crippen LogP contribution < -0.4 is 0 Å². The molecule has 0 spiro atoms. The summed E-state index contributed by atoms with van der Waals surface area (Å²) in [5, 5.41) is 1.68. The molecule has 1 aliphatic carbocycles. The largest absolute Gasteiger partial charge is 0.293 e. The van der Waals surface area contributed by atoms with Gasteiger partial charge < -0.3 is 0 Å². The SMILES string of the molecule is O=C1C(=Cc2ccccc2)CC(c2cccs2)CC1Cl. The Balaban J connectivity index is 1.89. The minimum Gasteiger partial charge on any atom is -0.293 e. The van der Waals surface area contributed by atoms with Crippen LogP contribution in [0, 0.1) is 0 Å². The van der Waals surface area contributed by atoms with Crippen molar-refractivity contribution >= 4 is 34.8 Å². The summed E-state index contributed by atoms with van der Waals surface area (Å²) in [6.45, 7) is 0. The highest BCUT2D eigenvalue weighted by Crippen LogP contribution is 2.38. The number of hydrogen-bond donors (Lipinski definition) is 0. The van der Waals surface area contributed by atoms with Crippen molar-refractivity contribution in [1.29, 1.82) is 0 Å². The van der Waals surface area contributed by atoms with Gasteiger partial charge in [-0.3, -0.25) is 4.79 Å². The highest BCUT2D eigenvalue weighted by atomic mass is 35.5. The summed E-state index contributed by atoms with van der Waals surface area (Å²) in [5.74, 6) is 0.452. The molecule has 20 heavy (non-hydrogen) atoms. The molecule has 1 saturated carbocycles. The van der Waals surface area contributed by atoms with Gasteiger partial charge in [0.25, 0.3) is 0 Å². The summed E-state index contributed by atoms with van der Waals surface area (Å²) in [6.07, 6.45) is 3.52. The first-order chi connectivity index (χ1) is 9.74. The summed E-state index contributed by atoms with van der Waals surface area (Å²) in [5.41, 5.74) is 1.91. The van der Waals surface area contributed by atoms with E-state index < -0.39 is 5.38 Å². The van der Waals surface area contributed by atoms with Crippen molar-refractivity contribution in [2.45, 2.75) is 24.1 Å². The number of halogens is 1. The molecule has 3 rings (SSSR count). The Morgan fingerprint density at radius 1 is 1.15 bits per heavy atom. The quantitative estimate of drug-likeness (QED) is 0.570. The van der Waals surface area contributed by atoms with E-state index in [1.165, 1.54) is 4.88 Å². The van der Waals surface area contributed by atoms with Gasteiger partial charge >= 0.3 is 0 Å². The summed E-state index contributed by atoms with van der Waals surface area (Å²) < 4.78 is 0. The first-order valence-corrected chi connectivity index (χ1v) is 8.03. The zero-order valence-electron chi connectivity index (χ0n) is 11.0.